The number of ether oxygens (including phenoxy) is 1. The number of amides is 2. The summed E-state index contributed by atoms with van der Waals surface area (Å²) >= 11 is 0. The number of nitrogens with zero attached hydrogens (tertiary/aromatic N) is 1. The summed E-state index contributed by atoms with van der Waals surface area (Å²) in [5, 5.41) is 11.7. The second kappa shape index (κ2) is 8.79. The fraction of sp³-hybridized carbons (Fsp3) is 0.857. The van der Waals surface area contributed by atoms with E-state index in [0.717, 1.165) is 19.3 Å². The van der Waals surface area contributed by atoms with E-state index < -0.39 is 6.09 Å². The van der Waals surface area contributed by atoms with Gasteiger partial charge in [-0.15, -0.1) is 0 Å². The third kappa shape index (κ3) is 5.36. The fourth-order valence-electron chi connectivity index (χ4n) is 2.66. The van der Waals surface area contributed by atoms with Crippen molar-refractivity contribution >= 4 is 12.0 Å². The lowest BCUT2D eigenvalue weighted by Gasteiger charge is -2.38. The normalized spacial score (nSPS) is 22.4. The zero-order chi connectivity index (χ0) is 15.0. The monoisotopic (exact) mass is 286 g/mol. The first kappa shape index (κ1) is 16.8. The van der Waals surface area contributed by atoms with Crippen LogP contribution in [0.4, 0.5) is 4.79 Å². The number of aliphatic hydroxyl groups excluding tert-OH is 1. The van der Waals surface area contributed by atoms with Gasteiger partial charge in [-0.2, -0.15) is 0 Å². The Kier molecular flexibility index (Phi) is 7.36. The van der Waals surface area contributed by atoms with Crippen molar-refractivity contribution in [2.45, 2.75) is 45.6 Å². The number of rotatable bonds is 6. The molecule has 1 rings (SSSR count). The van der Waals surface area contributed by atoms with Gasteiger partial charge in [0.25, 0.3) is 0 Å². The zero-order valence-corrected chi connectivity index (χ0v) is 12.4. The number of carbonyl (C=O) groups excluding carboxylic acids is 2. The maximum Gasteiger partial charge on any atom is 0.407 e. The van der Waals surface area contributed by atoms with Crippen molar-refractivity contribution in [3.63, 3.8) is 0 Å². The van der Waals surface area contributed by atoms with Gasteiger partial charge in [0.15, 0.2) is 0 Å². The molecule has 6 nitrogen and oxygen atoms in total. The molecule has 0 aromatic heterocycles. The number of alkyl carbamates (subject to hydrolysis) is 1. The summed E-state index contributed by atoms with van der Waals surface area (Å²) in [7, 11) is 0. The van der Waals surface area contributed by atoms with Crippen LogP contribution in [0.2, 0.25) is 0 Å². The summed E-state index contributed by atoms with van der Waals surface area (Å²) in [5.41, 5.74) is 0. The minimum atomic E-state index is -0.427. The predicted octanol–water partition coefficient (Wildman–Crippen LogP) is 1.13. The van der Waals surface area contributed by atoms with Crippen molar-refractivity contribution in [3.05, 3.63) is 0 Å². The van der Waals surface area contributed by atoms with Crippen molar-refractivity contribution in [2.75, 3.05) is 26.3 Å². The lowest BCUT2D eigenvalue weighted by atomic mass is 9.90. The molecule has 0 saturated carbocycles. The van der Waals surface area contributed by atoms with E-state index in [0.29, 0.717) is 32.0 Å². The molecule has 20 heavy (non-hydrogen) atoms. The number of aliphatic hydroxyl groups is 1. The molecule has 0 spiro atoms. The van der Waals surface area contributed by atoms with Gasteiger partial charge in [0, 0.05) is 26.1 Å². The first-order valence-corrected chi connectivity index (χ1v) is 7.42. The summed E-state index contributed by atoms with van der Waals surface area (Å²) in [5.74, 6) is 0.424. The summed E-state index contributed by atoms with van der Waals surface area (Å²) < 4.78 is 4.89. The van der Waals surface area contributed by atoms with Crippen LogP contribution in [0.1, 0.15) is 39.5 Å². The van der Waals surface area contributed by atoms with E-state index in [4.69, 9.17) is 9.84 Å². The van der Waals surface area contributed by atoms with Gasteiger partial charge < -0.3 is 20.1 Å². The van der Waals surface area contributed by atoms with E-state index in [1.54, 1.807) is 6.92 Å². The molecule has 2 amide bonds. The third-order valence-corrected chi connectivity index (χ3v) is 3.56. The van der Waals surface area contributed by atoms with Crippen molar-refractivity contribution in [2.24, 2.45) is 5.92 Å². The average Bonchev–Trinajstić information content (AvgIpc) is 2.44. The molecule has 1 aliphatic rings. The predicted molar refractivity (Wildman–Crippen MR) is 75.2 cm³/mol. The quantitative estimate of drug-likeness (QED) is 0.767. The van der Waals surface area contributed by atoms with Crippen LogP contribution in [-0.4, -0.2) is 54.4 Å². The second-order valence-corrected chi connectivity index (χ2v) is 5.18. The van der Waals surface area contributed by atoms with Crippen LogP contribution in [-0.2, 0) is 9.53 Å². The Morgan fingerprint density at radius 3 is 2.70 bits per heavy atom. The Morgan fingerprint density at radius 2 is 2.10 bits per heavy atom. The highest BCUT2D eigenvalue weighted by atomic mass is 16.5. The van der Waals surface area contributed by atoms with Gasteiger partial charge in [-0.1, -0.05) is 6.92 Å². The summed E-state index contributed by atoms with van der Waals surface area (Å²) in [6, 6.07) is -0.0676. The maximum absolute atomic E-state index is 11.9. The van der Waals surface area contributed by atoms with Crippen LogP contribution >= 0.6 is 0 Å². The van der Waals surface area contributed by atoms with E-state index >= 15 is 0 Å². The largest absolute Gasteiger partial charge is 0.450 e. The molecule has 1 saturated heterocycles. The SMILES string of the molecule is CCOC(=O)NC1CC(CCCO)CN(C(=O)CC)C1. The molecule has 0 bridgehead atoms. The van der Waals surface area contributed by atoms with Crippen LogP contribution in [0.3, 0.4) is 0 Å². The standard InChI is InChI=1S/C14H26N2O4/c1-3-13(18)16-9-11(6-5-7-17)8-12(10-16)15-14(19)20-4-2/h11-12,17H,3-10H2,1-2H3,(H,15,19). The van der Waals surface area contributed by atoms with Crippen LogP contribution < -0.4 is 5.32 Å². The highest BCUT2D eigenvalue weighted by Crippen LogP contribution is 2.22. The summed E-state index contributed by atoms with van der Waals surface area (Å²) in [4.78, 5) is 25.2. The van der Waals surface area contributed by atoms with E-state index in [-0.39, 0.29) is 18.6 Å². The second-order valence-electron chi connectivity index (χ2n) is 5.18. The molecule has 2 atom stereocenters. The zero-order valence-electron chi connectivity index (χ0n) is 12.4. The third-order valence-electron chi connectivity index (χ3n) is 3.56. The minimum Gasteiger partial charge on any atom is -0.450 e. The van der Waals surface area contributed by atoms with Crippen LogP contribution in [0.15, 0.2) is 0 Å². The molecule has 0 aliphatic carbocycles. The molecule has 116 valence electrons. The van der Waals surface area contributed by atoms with E-state index in [1.807, 2.05) is 11.8 Å². The molecule has 0 radical (unpaired) electrons. The van der Waals surface area contributed by atoms with Gasteiger partial charge >= 0.3 is 6.09 Å². The first-order valence-electron chi connectivity index (χ1n) is 7.42. The molecular formula is C14H26N2O4. The number of carbonyl (C=O) groups is 2. The Labute approximate surface area is 120 Å². The topological polar surface area (TPSA) is 78.9 Å². The number of piperidine rings is 1. The molecule has 2 unspecified atom stereocenters. The highest BCUT2D eigenvalue weighted by Gasteiger charge is 2.30. The van der Waals surface area contributed by atoms with Crippen molar-refractivity contribution in [3.8, 4) is 0 Å². The molecule has 6 heteroatoms. The van der Waals surface area contributed by atoms with E-state index in [2.05, 4.69) is 5.32 Å². The number of nitrogens with one attached hydrogen (secondary N) is 1. The van der Waals surface area contributed by atoms with E-state index in [9.17, 15) is 9.59 Å². The Morgan fingerprint density at radius 1 is 1.35 bits per heavy atom. The lowest BCUT2D eigenvalue weighted by Crippen LogP contribution is -2.52. The Bertz CT molecular complexity index is 322. The van der Waals surface area contributed by atoms with Gasteiger partial charge in [-0.05, 0) is 32.1 Å². The van der Waals surface area contributed by atoms with Crippen LogP contribution in [0.5, 0.6) is 0 Å². The van der Waals surface area contributed by atoms with Gasteiger partial charge in [-0.25, -0.2) is 4.79 Å². The van der Waals surface area contributed by atoms with E-state index in [1.165, 1.54) is 0 Å². The summed E-state index contributed by atoms with van der Waals surface area (Å²) in [6.45, 7) is 5.36. The van der Waals surface area contributed by atoms with Gasteiger partial charge in [0.2, 0.25) is 5.91 Å². The maximum atomic E-state index is 11.9. The Hall–Kier alpha value is -1.30. The Balaban J connectivity index is 2.58. The van der Waals surface area contributed by atoms with Gasteiger partial charge in [-0.3, -0.25) is 4.79 Å². The van der Waals surface area contributed by atoms with Crippen molar-refractivity contribution < 1.29 is 19.4 Å². The molecule has 0 aromatic carbocycles. The smallest absolute Gasteiger partial charge is 0.407 e. The van der Waals surface area contributed by atoms with Crippen LogP contribution in [0, 0.1) is 5.92 Å². The molecule has 1 aliphatic heterocycles. The molecular weight excluding hydrogens is 260 g/mol. The summed E-state index contributed by atoms with van der Waals surface area (Å²) in [6.07, 6.45) is 2.46. The molecule has 0 aromatic rings. The highest BCUT2D eigenvalue weighted by molar-refractivity contribution is 5.76. The molecule has 2 N–H and O–H groups in total. The number of hydrogen-bond acceptors (Lipinski definition) is 4. The van der Waals surface area contributed by atoms with Gasteiger partial charge in [0.1, 0.15) is 0 Å². The first-order chi connectivity index (χ1) is 9.60. The van der Waals surface area contributed by atoms with Crippen molar-refractivity contribution in [1.82, 2.24) is 10.2 Å². The minimum absolute atomic E-state index is 0.0676. The molecule has 1 heterocycles. The number of hydrogen-bond donors (Lipinski definition) is 2. The lowest BCUT2D eigenvalue weighted by molar-refractivity contribution is -0.133. The van der Waals surface area contributed by atoms with Crippen LogP contribution in [0.25, 0.3) is 0 Å². The van der Waals surface area contributed by atoms with Gasteiger partial charge in [0.05, 0.1) is 12.6 Å². The molecule has 1 fully saturated rings. The van der Waals surface area contributed by atoms with Crippen molar-refractivity contribution in [1.29, 1.82) is 0 Å². The average molecular weight is 286 g/mol. The number of likely N-dealkylation sites (tertiary alicyclic amines) is 1. The fourth-order valence-corrected chi connectivity index (χ4v) is 2.66.